The van der Waals surface area contributed by atoms with Gasteiger partial charge in [0.25, 0.3) is 0 Å². The molecule has 2 amide bonds. The summed E-state index contributed by atoms with van der Waals surface area (Å²) in [5, 5.41) is 6.55. The minimum absolute atomic E-state index is 0.0598. The molecule has 1 aliphatic carbocycles. The molecule has 0 bridgehead atoms. The van der Waals surface area contributed by atoms with E-state index in [1.54, 1.807) is 37.1 Å². The highest BCUT2D eigenvalue weighted by Gasteiger charge is 2.25. The minimum atomic E-state index is -0.456. The zero-order valence-corrected chi connectivity index (χ0v) is 14.0. The van der Waals surface area contributed by atoms with Crippen molar-refractivity contribution in [1.29, 1.82) is 0 Å². The Morgan fingerprint density at radius 1 is 1.27 bits per heavy atom. The molecule has 0 radical (unpaired) electrons. The molecule has 1 fully saturated rings. The van der Waals surface area contributed by atoms with Gasteiger partial charge < -0.3 is 10.6 Å². The van der Waals surface area contributed by atoms with E-state index in [1.807, 2.05) is 0 Å². The smallest absolute Gasteiger partial charge is 0.241 e. The summed E-state index contributed by atoms with van der Waals surface area (Å²) < 4.78 is 0. The third kappa shape index (κ3) is 5.16. The number of amides is 2. The van der Waals surface area contributed by atoms with E-state index >= 15 is 0 Å². The number of nitrogens with zero attached hydrogens (tertiary/aromatic N) is 1. The van der Waals surface area contributed by atoms with Crippen molar-refractivity contribution in [1.82, 2.24) is 10.2 Å². The van der Waals surface area contributed by atoms with Gasteiger partial charge in [-0.3, -0.25) is 14.5 Å². The van der Waals surface area contributed by atoms with E-state index < -0.39 is 6.04 Å². The number of likely N-dealkylation sites (N-methyl/N-ethyl adjacent to an activating group) is 1. The molecule has 0 unspecified atom stereocenters. The highest BCUT2D eigenvalue weighted by atomic mass is 35.5. The molecule has 1 aliphatic rings. The largest absolute Gasteiger partial charge is 0.352 e. The standard InChI is InChI=1S/C15H19Cl2N3O2/c1-9(20(2)8-14(21)18-12-3-4-12)15(22)19-13-6-10(16)5-11(17)7-13/h5-7,9,12H,3-4,8H2,1-2H3,(H,18,21)(H,19,22)/t9-/m1/s1. The predicted molar refractivity (Wildman–Crippen MR) is 88.3 cm³/mol. The molecule has 0 aliphatic heterocycles. The number of carbonyl (C=O) groups excluding carboxylic acids is 2. The normalized spacial score (nSPS) is 15.5. The number of hydrogen-bond donors (Lipinski definition) is 2. The van der Waals surface area contributed by atoms with E-state index in [1.165, 1.54) is 0 Å². The lowest BCUT2D eigenvalue weighted by molar-refractivity contribution is -0.124. The maximum Gasteiger partial charge on any atom is 0.241 e. The first-order chi connectivity index (χ1) is 10.3. The number of halogens is 2. The Hall–Kier alpha value is -1.30. The second-order valence-corrected chi connectivity index (χ2v) is 6.45. The highest BCUT2D eigenvalue weighted by molar-refractivity contribution is 6.35. The van der Waals surface area contributed by atoms with Gasteiger partial charge in [-0.15, -0.1) is 0 Å². The van der Waals surface area contributed by atoms with Gasteiger partial charge in [-0.2, -0.15) is 0 Å². The first-order valence-corrected chi connectivity index (χ1v) is 7.87. The third-order valence-electron chi connectivity index (χ3n) is 3.51. The van der Waals surface area contributed by atoms with Crippen LogP contribution >= 0.6 is 23.2 Å². The minimum Gasteiger partial charge on any atom is -0.352 e. The molecule has 0 aromatic heterocycles. The second-order valence-electron chi connectivity index (χ2n) is 5.58. The summed E-state index contributed by atoms with van der Waals surface area (Å²) >= 11 is 11.8. The van der Waals surface area contributed by atoms with Crippen molar-refractivity contribution in [3.05, 3.63) is 28.2 Å². The predicted octanol–water partition coefficient (Wildman–Crippen LogP) is 2.53. The molecule has 1 aromatic carbocycles. The molecule has 1 saturated carbocycles. The van der Waals surface area contributed by atoms with Crippen LogP contribution in [-0.4, -0.2) is 42.4 Å². The van der Waals surface area contributed by atoms with Crippen molar-refractivity contribution < 1.29 is 9.59 Å². The Balaban J connectivity index is 1.88. The maximum atomic E-state index is 12.2. The van der Waals surface area contributed by atoms with Gasteiger partial charge in [0.1, 0.15) is 0 Å². The van der Waals surface area contributed by atoms with Gasteiger partial charge in [-0.1, -0.05) is 23.2 Å². The zero-order valence-electron chi connectivity index (χ0n) is 12.5. The molecule has 120 valence electrons. The zero-order chi connectivity index (χ0) is 16.3. The van der Waals surface area contributed by atoms with Gasteiger partial charge in [0.15, 0.2) is 0 Å². The Kier molecular flexibility index (Phi) is 5.67. The maximum absolute atomic E-state index is 12.2. The van der Waals surface area contributed by atoms with Gasteiger partial charge >= 0.3 is 0 Å². The fraction of sp³-hybridized carbons (Fsp3) is 0.467. The van der Waals surface area contributed by atoms with Crippen LogP contribution < -0.4 is 10.6 Å². The van der Waals surface area contributed by atoms with Crippen LogP contribution in [-0.2, 0) is 9.59 Å². The van der Waals surface area contributed by atoms with E-state index in [0.717, 1.165) is 12.8 Å². The van der Waals surface area contributed by atoms with Crippen LogP contribution in [0.3, 0.4) is 0 Å². The van der Waals surface area contributed by atoms with E-state index in [0.29, 0.717) is 21.8 Å². The molecule has 0 heterocycles. The molecule has 0 spiro atoms. The Bertz CT molecular complexity index is 556. The molecule has 1 aromatic rings. The van der Waals surface area contributed by atoms with Crippen LogP contribution in [0, 0.1) is 0 Å². The van der Waals surface area contributed by atoms with Crippen molar-refractivity contribution in [2.45, 2.75) is 31.8 Å². The van der Waals surface area contributed by atoms with Crippen LogP contribution in [0.1, 0.15) is 19.8 Å². The summed E-state index contributed by atoms with van der Waals surface area (Å²) in [6.07, 6.45) is 2.09. The molecule has 5 nitrogen and oxygen atoms in total. The van der Waals surface area contributed by atoms with E-state index in [-0.39, 0.29) is 18.4 Å². The van der Waals surface area contributed by atoms with E-state index in [9.17, 15) is 9.59 Å². The number of carbonyl (C=O) groups is 2. The molecule has 1 atom stereocenters. The second kappa shape index (κ2) is 7.31. The average molecular weight is 344 g/mol. The van der Waals surface area contributed by atoms with Crippen LogP contribution in [0.4, 0.5) is 5.69 Å². The third-order valence-corrected chi connectivity index (χ3v) is 3.94. The molecule has 22 heavy (non-hydrogen) atoms. The molecule has 2 rings (SSSR count). The van der Waals surface area contributed by atoms with Gasteiger partial charge in [0.05, 0.1) is 12.6 Å². The van der Waals surface area contributed by atoms with Crippen molar-refractivity contribution >= 4 is 40.7 Å². The van der Waals surface area contributed by atoms with Gasteiger partial charge in [0.2, 0.25) is 11.8 Å². The summed E-state index contributed by atoms with van der Waals surface area (Å²) in [5.74, 6) is -0.282. The summed E-state index contributed by atoms with van der Waals surface area (Å²) in [6, 6.07) is 4.70. The summed E-state index contributed by atoms with van der Waals surface area (Å²) in [5.41, 5.74) is 0.533. The van der Waals surface area contributed by atoms with Crippen molar-refractivity contribution in [3.63, 3.8) is 0 Å². The lowest BCUT2D eigenvalue weighted by atomic mass is 10.2. The van der Waals surface area contributed by atoms with Crippen LogP contribution in [0.2, 0.25) is 10.0 Å². The van der Waals surface area contributed by atoms with Gasteiger partial charge in [-0.05, 0) is 45.0 Å². The molecule has 7 heteroatoms. The van der Waals surface area contributed by atoms with E-state index in [2.05, 4.69) is 10.6 Å². The summed E-state index contributed by atoms with van der Waals surface area (Å²) in [6.45, 7) is 1.92. The lowest BCUT2D eigenvalue weighted by Gasteiger charge is -2.23. The number of rotatable bonds is 6. The number of nitrogens with one attached hydrogen (secondary N) is 2. The van der Waals surface area contributed by atoms with E-state index in [4.69, 9.17) is 23.2 Å². The van der Waals surface area contributed by atoms with Crippen molar-refractivity contribution in [3.8, 4) is 0 Å². The van der Waals surface area contributed by atoms with Gasteiger partial charge in [0, 0.05) is 21.8 Å². The number of benzene rings is 1. The SMILES string of the molecule is C[C@H](C(=O)Nc1cc(Cl)cc(Cl)c1)N(C)CC(=O)NC1CC1. The number of hydrogen-bond acceptors (Lipinski definition) is 3. The van der Waals surface area contributed by atoms with Gasteiger partial charge in [-0.25, -0.2) is 0 Å². The van der Waals surface area contributed by atoms with Crippen LogP contribution in [0.15, 0.2) is 18.2 Å². The highest BCUT2D eigenvalue weighted by Crippen LogP contribution is 2.22. The van der Waals surface area contributed by atoms with Crippen molar-refractivity contribution in [2.24, 2.45) is 0 Å². The number of anilines is 1. The molecule has 0 saturated heterocycles. The molecular weight excluding hydrogens is 325 g/mol. The average Bonchev–Trinajstić information content (AvgIpc) is 3.20. The fourth-order valence-corrected chi connectivity index (χ4v) is 2.46. The quantitative estimate of drug-likeness (QED) is 0.834. The van der Waals surface area contributed by atoms with Crippen LogP contribution in [0.25, 0.3) is 0 Å². The topological polar surface area (TPSA) is 61.4 Å². The molecule has 2 N–H and O–H groups in total. The first-order valence-electron chi connectivity index (χ1n) is 7.11. The van der Waals surface area contributed by atoms with Crippen molar-refractivity contribution in [2.75, 3.05) is 18.9 Å². The Morgan fingerprint density at radius 2 is 1.86 bits per heavy atom. The summed E-state index contributed by atoms with van der Waals surface area (Å²) in [7, 11) is 1.74. The molecular formula is C15H19Cl2N3O2. The Labute approximate surface area is 139 Å². The summed E-state index contributed by atoms with van der Waals surface area (Å²) in [4.78, 5) is 25.7. The van der Waals surface area contributed by atoms with Crippen LogP contribution in [0.5, 0.6) is 0 Å². The fourth-order valence-electron chi connectivity index (χ4n) is 1.94. The first kappa shape index (κ1) is 17.1. The monoisotopic (exact) mass is 343 g/mol. The Morgan fingerprint density at radius 3 is 2.41 bits per heavy atom. The lowest BCUT2D eigenvalue weighted by Crippen LogP contribution is -2.45.